The molecule has 19 heavy (non-hydrogen) atoms. The van der Waals surface area contributed by atoms with E-state index >= 15 is 0 Å². The highest BCUT2D eigenvalue weighted by atomic mass is 16.5. The van der Waals surface area contributed by atoms with Crippen molar-refractivity contribution < 1.29 is 4.74 Å². The Hall–Kier alpha value is -0.0800. The molecule has 1 saturated heterocycles. The number of ether oxygens (including phenoxy) is 1. The summed E-state index contributed by atoms with van der Waals surface area (Å²) >= 11 is 0. The van der Waals surface area contributed by atoms with Gasteiger partial charge in [0.05, 0.1) is 6.10 Å². The van der Waals surface area contributed by atoms with Crippen LogP contribution in [-0.2, 0) is 4.74 Å². The predicted octanol–water partition coefficient (Wildman–Crippen LogP) is 4.39. The van der Waals surface area contributed by atoms with Gasteiger partial charge in [-0.25, -0.2) is 0 Å². The fourth-order valence-corrected chi connectivity index (χ4v) is 2.69. The molecular formula is C17H35NO. The van der Waals surface area contributed by atoms with E-state index in [1.165, 1.54) is 38.5 Å². The molecule has 3 unspecified atom stereocenters. The van der Waals surface area contributed by atoms with E-state index in [-0.39, 0.29) is 0 Å². The van der Waals surface area contributed by atoms with Crippen molar-refractivity contribution in [2.75, 3.05) is 13.2 Å². The minimum absolute atomic E-state index is 0.413. The number of hydrogen-bond donors (Lipinski definition) is 1. The van der Waals surface area contributed by atoms with Crippen LogP contribution in [-0.4, -0.2) is 25.3 Å². The number of hydrogen-bond acceptors (Lipinski definition) is 2. The lowest BCUT2D eigenvalue weighted by atomic mass is 9.78. The Morgan fingerprint density at radius 3 is 2.58 bits per heavy atom. The van der Waals surface area contributed by atoms with Gasteiger partial charge in [-0.05, 0) is 56.4 Å². The highest BCUT2D eigenvalue weighted by Gasteiger charge is 2.24. The van der Waals surface area contributed by atoms with E-state index in [2.05, 4.69) is 39.9 Å². The Balaban J connectivity index is 2.36. The fraction of sp³-hybridized carbons (Fsp3) is 1.00. The van der Waals surface area contributed by atoms with Gasteiger partial charge in [0.1, 0.15) is 0 Å². The average Bonchev–Trinajstić information content (AvgIpc) is 2.84. The van der Waals surface area contributed by atoms with Gasteiger partial charge < -0.3 is 10.1 Å². The van der Waals surface area contributed by atoms with E-state index in [4.69, 9.17) is 4.74 Å². The monoisotopic (exact) mass is 269 g/mol. The van der Waals surface area contributed by atoms with E-state index in [0.29, 0.717) is 17.6 Å². The van der Waals surface area contributed by atoms with Crippen molar-refractivity contribution >= 4 is 0 Å². The van der Waals surface area contributed by atoms with Gasteiger partial charge in [-0.2, -0.15) is 0 Å². The first-order chi connectivity index (χ1) is 8.93. The van der Waals surface area contributed by atoms with E-state index in [1.807, 2.05) is 0 Å². The zero-order chi connectivity index (χ0) is 14.3. The number of nitrogens with one attached hydrogen (secondary N) is 1. The molecule has 114 valence electrons. The second kappa shape index (κ2) is 8.26. The van der Waals surface area contributed by atoms with Crippen LogP contribution in [0.1, 0.15) is 73.1 Å². The van der Waals surface area contributed by atoms with Crippen LogP contribution in [0.15, 0.2) is 0 Å². The summed E-state index contributed by atoms with van der Waals surface area (Å²) in [4.78, 5) is 0. The quantitative estimate of drug-likeness (QED) is 0.706. The summed E-state index contributed by atoms with van der Waals surface area (Å²) in [5, 5.41) is 3.74. The Bertz CT molecular complexity index is 228. The van der Waals surface area contributed by atoms with Gasteiger partial charge in [-0.3, -0.25) is 0 Å². The van der Waals surface area contributed by atoms with Crippen molar-refractivity contribution in [2.45, 2.75) is 85.3 Å². The first kappa shape index (κ1) is 17.0. The molecule has 2 nitrogen and oxygen atoms in total. The molecule has 0 radical (unpaired) electrons. The first-order valence-corrected chi connectivity index (χ1v) is 8.28. The van der Waals surface area contributed by atoms with Crippen molar-refractivity contribution in [3.8, 4) is 0 Å². The number of rotatable bonds is 8. The zero-order valence-corrected chi connectivity index (χ0v) is 13.8. The predicted molar refractivity (Wildman–Crippen MR) is 83.5 cm³/mol. The first-order valence-electron chi connectivity index (χ1n) is 8.28. The van der Waals surface area contributed by atoms with Gasteiger partial charge in [0.25, 0.3) is 0 Å². The highest BCUT2D eigenvalue weighted by Crippen LogP contribution is 2.30. The maximum Gasteiger partial charge on any atom is 0.0576 e. The molecule has 0 spiro atoms. The van der Waals surface area contributed by atoms with Crippen LogP contribution in [0.4, 0.5) is 0 Å². The lowest BCUT2D eigenvalue weighted by Gasteiger charge is -2.31. The Morgan fingerprint density at radius 1 is 1.32 bits per heavy atom. The van der Waals surface area contributed by atoms with Crippen molar-refractivity contribution in [1.29, 1.82) is 0 Å². The highest BCUT2D eigenvalue weighted by molar-refractivity contribution is 4.78. The maximum atomic E-state index is 5.75. The molecule has 0 amide bonds. The summed E-state index contributed by atoms with van der Waals surface area (Å²) in [7, 11) is 0. The van der Waals surface area contributed by atoms with Gasteiger partial charge in [-0.15, -0.1) is 0 Å². The minimum atomic E-state index is 0.413. The molecule has 0 aromatic rings. The normalized spacial score (nSPS) is 23.5. The van der Waals surface area contributed by atoms with E-state index < -0.39 is 0 Å². The topological polar surface area (TPSA) is 21.3 Å². The molecule has 1 aliphatic heterocycles. The molecule has 1 fully saturated rings. The molecule has 0 aromatic carbocycles. The van der Waals surface area contributed by atoms with Gasteiger partial charge >= 0.3 is 0 Å². The lowest BCUT2D eigenvalue weighted by molar-refractivity contribution is 0.0973. The molecule has 1 rings (SSSR count). The van der Waals surface area contributed by atoms with Crippen LogP contribution < -0.4 is 5.32 Å². The molecule has 0 aliphatic carbocycles. The largest absolute Gasteiger partial charge is 0.378 e. The molecule has 0 aromatic heterocycles. The van der Waals surface area contributed by atoms with Crippen LogP contribution in [0.5, 0.6) is 0 Å². The third-order valence-electron chi connectivity index (χ3n) is 4.66. The third kappa shape index (κ3) is 6.76. The summed E-state index contributed by atoms with van der Waals surface area (Å²) in [6, 6.07) is 0.665. The molecule has 2 heteroatoms. The molecular weight excluding hydrogens is 234 g/mol. The Kier molecular flexibility index (Phi) is 7.38. The van der Waals surface area contributed by atoms with E-state index in [0.717, 1.165) is 19.1 Å². The molecule has 0 saturated carbocycles. The summed E-state index contributed by atoms with van der Waals surface area (Å²) < 4.78 is 5.75. The van der Waals surface area contributed by atoms with Crippen LogP contribution in [0, 0.1) is 11.3 Å². The zero-order valence-electron chi connectivity index (χ0n) is 13.8. The van der Waals surface area contributed by atoms with Gasteiger partial charge in [0, 0.05) is 12.6 Å². The van der Waals surface area contributed by atoms with Gasteiger partial charge in [0.2, 0.25) is 0 Å². The minimum Gasteiger partial charge on any atom is -0.378 e. The SMILES string of the molecule is CCCNC(CCC1CCCO1)CC(C)C(C)(C)C. The van der Waals surface area contributed by atoms with Crippen LogP contribution >= 0.6 is 0 Å². The van der Waals surface area contributed by atoms with Gasteiger partial charge in [-0.1, -0.05) is 34.6 Å². The smallest absolute Gasteiger partial charge is 0.0576 e. The fourth-order valence-electron chi connectivity index (χ4n) is 2.69. The van der Waals surface area contributed by atoms with Crippen LogP contribution in [0.3, 0.4) is 0 Å². The van der Waals surface area contributed by atoms with E-state index in [9.17, 15) is 0 Å². The summed E-state index contributed by atoms with van der Waals surface area (Å²) in [5.74, 6) is 0.756. The summed E-state index contributed by atoms with van der Waals surface area (Å²) in [5.41, 5.74) is 0.413. The molecule has 1 N–H and O–H groups in total. The van der Waals surface area contributed by atoms with Crippen molar-refractivity contribution in [1.82, 2.24) is 5.32 Å². The Labute approximate surface area is 120 Å². The average molecular weight is 269 g/mol. The second-order valence-corrected chi connectivity index (χ2v) is 7.37. The molecule has 1 aliphatic rings. The third-order valence-corrected chi connectivity index (χ3v) is 4.66. The second-order valence-electron chi connectivity index (χ2n) is 7.37. The summed E-state index contributed by atoms with van der Waals surface area (Å²) in [6.07, 6.45) is 8.08. The van der Waals surface area contributed by atoms with Crippen molar-refractivity contribution in [2.24, 2.45) is 11.3 Å². The molecule has 3 atom stereocenters. The maximum absolute atomic E-state index is 5.75. The lowest BCUT2D eigenvalue weighted by Crippen LogP contribution is -2.34. The molecule has 0 bridgehead atoms. The Morgan fingerprint density at radius 2 is 2.05 bits per heavy atom. The van der Waals surface area contributed by atoms with E-state index in [1.54, 1.807) is 0 Å². The van der Waals surface area contributed by atoms with Crippen molar-refractivity contribution in [3.63, 3.8) is 0 Å². The van der Waals surface area contributed by atoms with Crippen molar-refractivity contribution in [3.05, 3.63) is 0 Å². The van der Waals surface area contributed by atoms with Crippen LogP contribution in [0.25, 0.3) is 0 Å². The molecule has 1 heterocycles. The standard InChI is InChI=1S/C17H35NO/c1-6-11-18-15(13-14(2)17(3,4)5)9-10-16-8-7-12-19-16/h14-16,18H,6-13H2,1-5H3. The summed E-state index contributed by atoms with van der Waals surface area (Å²) in [6.45, 7) is 13.8. The van der Waals surface area contributed by atoms with Gasteiger partial charge in [0.15, 0.2) is 0 Å². The van der Waals surface area contributed by atoms with Crippen LogP contribution in [0.2, 0.25) is 0 Å².